The van der Waals surface area contributed by atoms with Crippen LogP contribution in [0.3, 0.4) is 0 Å². The molecular weight excluding hydrogens is 344 g/mol. The Kier molecular flexibility index (Phi) is 5.96. The molecule has 0 aliphatic heterocycles. The van der Waals surface area contributed by atoms with Crippen LogP contribution >= 0.6 is 23.2 Å². The molecule has 1 N–H and O–H groups in total. The van der Waals surface area contributed by atoms with Crippen LogP contribution in [0.5, 0.6) is 0 Å². The predicted octanol–water partition coefficient (Wildman–Crippen LogP) is 4.01. The summed E-state index contributed by atoms with van der Waals surface area (Å²) >= 11 is 11.7. The maximum absolute atomic E-state index is 13.9. The second kappa shape index (κ2) is 7.94. The fourth-order valence-corrected chi connectivity index (χ4v) is 2.29. The van der Waals surface area contributed by atoms with E-state index in [-0.39, 0.29) is 22.2 Å². The van der Waals surface area contributed by atoms with Gasteiger partial charge >= 0.3 is 11.9 Å². The SMILES string of the molecule is O=C(Cc1ccccc1)OC(=O)C(F)Nc1c(Cl)cccc1Cl. The molecule has 2 rings (SSSR count). The molecule has 0 spiro atoms. The molecule has 1 unspecified atom stereocenters. The van der Waals surface area contributed by atoms with Crippen LogP contribution < -0.4 is 5.32 Å². The molecule has 0 aromatic heterocycles. The van der Waals surface area contributed by atoms with Crippen LogP contribution in [0, 0.1) is 0 Å². The molecule has 120 valence electrons. The van der Waals surface area contributed by atoms with Crippen LogP contribution in [0.15, 0.2) is 48.5 Å². The van der Waals surface area contributed by atoms with Gasteiger partial charge in [-0.15, -0.1) is 0 Å². The van der Waals surface area contributed by atoms with Gasteiger partial charge in [0.1, 0.15) is 0 Å². The lowest BCUT2D eigenvalue weighted by Gasteiger charge is -2.13. The molecule has 1 atom stereocenters. The first-order chi connectivity index (χ1) is 11.0. The first-order valence-electron chi connectivity index (χ1n) is 6.60. The van der Waals surface area contributed by atoms with E-state index in [1.54, 1.807) is 36.4 Å². The molecule has 23 heavy (non-hydrogen) atoms. The van der Waals surface area contributed by atoms with Gasteiger partial charge in [0.25, 0.3) is 6.30 Å². The number of para-hydroxylation sites is 1. The number of carbonyl (C=O) groups is 2. The summed E-state index contributed by atoms with van der Waals surface area (Å²) in [5.41, 5.74) is 0.707. The Hall–Kier alpha value is -2.11. The van der Waals surface area contributed by atoms with Gasteiger partial charge in [0, 0.05) is 0 Å². The highest BCUT2D eigenvalue weighted by Gasteiger charge is 2.23. The largest absolute Gasteiger partial charge is 0.389 e. The number of anilines is 1. The molecule has 2 aromatic carbocycles. The highest BCUT2D eigenvalue weighted by Crippen LogP contribution is 2.30. The normalized spacial score (nSPS) is 11.6. The van der Waals surface area contributed by atoms with Gasteiger partial charge in [0.15, 0.2) is 0 Å². The van der Waals surface area contributed by atoms with Crippen molar-refractivity contribution in [2.75, 3.05) is 5.32 Å². The van der Waals surface area contributed by atoms with Crippen molar-refractivity contribution in [1.29, 1.82) is 0 Å². The third-order valence-corrected chi connectivity index (χ3v) is 3.48. The van der Waals surface area contributed by atoms with E-state index in [1.807, 2.05) is 0 Å². The zero-order chi connectivity index (χ0) is 16.8. The molecule has 0 radical (unpaired) electrons. The van der Waals surface area contributed by atoms with E-state index in [9.17, 15) is 14.0 Å². The molecule has 0 fully saturated rings. The summed E-state index contributed by atoms with van der Waals surface area (Å²) in [7, 11) is 0. The van der Waals surface area contributed by atoms with Crippen molar-refractivity contribution in [3.63, 3.8) is 0 Å². The molecule has 0 amide bonds. The van der Waals surface area contributed by atoms with Gasteiger partial charge in [0.05, 0.1) is 22.2 Å². The second-order valence-electron chi connectivity index (χ2n) is 4.56. The van der Waals surface area contributed by atoms with E-state index in [0.29, 0.717) is 5.56 Å². The molecule has 0 heterocycles. The topological polar surface area (TPSA) is 55.4 Å². The number of rotatable bonds is 5. The molecule has 0 aliphatic carbocycles. The summed E-state index contributed by atoms with van der Waals surface area (Å²) in [5, 5.41) is 2.47. The van der Waals surface area contributed by atoms with Gasteiger partial charge in [-0.3, -0.25) is 4.79 Å². The first-order valence-corrected chi connectivity index (χ1v) is 7.36. The summed E-state index contributed by atoms with van der Waals surface area (Å²) < 4.78 is 18.4. The number of esters is 2. The van der Waals surface area contributed by atoms with Crippen molar-refractivity contribution in [2.45, 2.75) is 12.7 Å². The fourth-order valence-electron chi connectivity index (χ4n) is 1.78. The summed E-state index contributed by atoms with van der Waals surface area (Å²) in [6.07, 6.45) is -2.40. The van der Waals surface area contributed by atoms with Crippen molar-refractivity contribution in [2.24, 2.45) is 0 Å². The second-order valence-corrected chi connectivity index (χ2v) is 5.37. The Morgan fingerprint density at radius 3 is 2.26 bits per heavy atom. The van der Waals surface area contributed by atoms with Gasteiger partial charge in [-0.05, 0) is 17.7 Å². The Morgan fingerprint density at radius 1 is 1.04 bits per heavy atom. The minimum atomic E-state index is -2.27. The first kappa shape index (κ1) is 17.2. The molecule has 2 aromatic rings. The molecule has 0 bridgehead atoms. The maximum Gasteiger partial charge on any atom is 0.369 e. The minimum absolute atomic E-state index is 0.0517. The molecule has 0 aliphatic rings. The minimum Gasteiger partial charge on any atom is -0.389 e. The summed E-state index contributed by atoms with van der Waals surface area (Å²) in [6.45, 7) is 0. The number of carbonyl (C=O) groups excluding carboxylic acids is 2. The number of halogens is 3. The average molecular weight is 356 g/mol. The Morgan fingerprint density at radius 2 is 1.65 bits per heavy atom. The number of hydrogen-bond acceptors (Lipinski definition) is 4. The summed E-state index contributed by atoms with van der Waals surface area (Å²) in [6, 6.07) is 13.2. The van der Waals surface area contributed by atoms with Crippen molar-refractivity contribution < 1.29 is 18.7 Å². The van der Waals surface area contributed by atoms with E-state index in [0.717, 1.165) is 0 Å². The van der Waals surface area contributed by atoms with Gasteiger partial charge in [-0.25, -0.2) is 9.18 Å². The summed E-state index contributed by atoms with van der Waals surface area (Å²) in [4.78, 5) is 23.2. The van der Waals surface area contributed by atoms with Gasteiger partial charge in [0.2, 0.25) is 0 Å². The quantitative estimate of drug-likeness (QED) is 0.500. The van der Waals surface area contributed by atoms with Crippen LogP contribution in [0.25, 0.3) is 0 Å². The van der Waals surface area contributed by atoms with Crippen molar-refractivity contribution in [1.82, 2.24) is 0 Å². The lowest BCUT2D eigenvalue weighted by atomic mass is 10.2. The van der Waals surface area contributed by atoms with Crippen LogP contribution in [-0.4, -0.2) is 18.2 Å². The van der Waals surface area contributed by atoms with Crippen molar-refractivity contribution >= 4 is 40.8 Å². The molecular formula is C16H12Cl2FNO3. The third-order valence-electron chi connectivity index (χ3n) is 2.85. The van der Waals surface area contributed by atoms with E-state index in [1.165, 1.54) is 12.1 Å². The lowest BCUT2D eigenvalue weighted by Crippen LogP contribution is -2.29. The van der Waals surface area contributed by atoms with E-state index in [2.05, 4.69) is 10.1 Å². The standard InChI is InChI=1S/C16H12Cl2FNO3/c17-11-7-4-8-12(18)14(11)20-15(19)16(22)23-13(21)9-10-5-2-1-3-6-10/h1-8,15,20H,9H2. The van der Waals surface area contributed by atoms with Gasteiger partial charge < -0.3 is 10.1 Å². The smallest absolute Gasteiger partial charge is 0.369 e. The molecule has 0 saturated heterocycles. The lowest BCUT2D eigenvalue weighted by molar-refractivity contribution is -0.162. The Labute approximate surface area is 142 Å². The number of hydrogen-bond donors (Lipinski definition) is 1. The zero-order valence-electron chi connectivity index (χ0n) is 11.8. The van der Waals surface area contributed by atoms with Crippen LogP contribution in [0.4, 0.5) is 10.1 Å². The molecule has 7 heteroatoms. The number of alkyl halides is 1. The number of nitrogens with one attached hydrogen (secondary N) is 1. The highest BCUT2D eigenvalue weighted by atomic mass is 35.5. The molecule has 4 nitrogen and oxygen atoms in total. The highest BCUT2D eigenvalue weighted by molar-refractivity contribution is 6.39. The number of ether oxygens (including phenoxy) is 1. The summed E-state index contributed by atoms with van der Waals surface area (Å²) in [5.74, 6) is -2.21. The van der Waals surface area contributed by atoms with Gasteiger partial charge in [-0.2, -0.15) is 0 Å². The van der Waals surface area contributed by atoms with Crippen LogP contribution in [0.2, 0.25) is 10.0 Å². The predicted molar refractivity (Wildman–Crippen MR) is 86.2 cm³/mol. The van der Waals surface area contributed by atoms with E-state index in [4.69, 9.17) is 23.2 Å². The molecule has 0 saturated carbocycles. The van der Waals surface area contributed by atoms with E-state index >= 15 is 0 Å². The maximum atomic E-state index is 13.9. The monoisotopic (exact) mass is 355 g/mol. The Bertz CT molecular complexity index is 689. The number of benzene rings is 2. The van der Waals surface area contributed by atoms with Crippen LogP contribution in [-0.2, 0) is 20.7 Å². The zero-order valence-corrected chi connectivity index (χ0v) is 13.3. The Balaban J connectivity index is 1.93. The third kappa shape index (κ3) is 4.94. The van der Waals surface area contributed by atoms with Crippen molar-refractivity contribution in [3.05, 3.63) is 64.1 Å². The van der Waals surface area contributed by atoms with Gasteiger partial charge in [-0.1, -0.05) is 59.6 Å². The fraction of sp³-hybridized carbons (Fsp3) is 0.125. The van der Waals surface area contributed by atoms with Crippen molar-refractivity contribution in [3.8, 4) is 0 Å². The van der Waals surface area contributed by atoms with Crippen LogP contribution in [0.1, 0.15) is 5.56 Å². The average Bonchev–Trinajstić information content (AvgIpc) is 2.51. The van der Waals surface area contributed by atoms with E-state index < -0.39 is 18.2 Å².